The van der Waals surface area contributed by atoms with Crippen LogP contribution in [0.4, 0.5) is 35.9 Å². The molecule has 0 spiro atoms. The third kappa shape index (κ3) is 26.6. The molecule has 522 valence electrons. The number of carbonyl (C=O) groups excluding carboxylic acids is 9. The zero-order valence-corrected chi connectivity index (χ0v) is 54.5. The van der Waals surface area contributed by atoms with Gasteiger partial charge in [-0.25, -0.2) is 24.0 Å². The fourth-order valence-corrected chi connectivity index (χ4v) is 10.6. The summed E-state index contributed by atoms with van der Waals surface area (Å²) in [4.78, 5) is 115. The number of aliphatic hydroxyl groups excluding tert-OH is 3. The molecule has 0 radical (unpaired) electrons. The van der Waals surface area contributed by atoms with Crippen molar-refractivity contribution in [3.8, 4) is 0 Å². The summed E-state index contributed by atoms with van der Waals surface area (Å²) < 4.78 is 102. The summed E-state index contributed by atoms with van der Waals surface area (Å²) in [6.45, 7) is 22.9. The van der Waals surface area contributed by atoms with Crippen LogP contribution < -0.4 is 21.3 Å². The molecule has 0 aromatic rings. The average Bonchev–Trinajstić information content (AvgIpc) is 1.59. The Bertz CT molecular complexity index is 2580. The summed E-state index contributed by atoms with van der Waals surface area (Å²) >= 11 is 0. The van der Waals surface area contributed by atoms with E-state index in [2.05, 4.69) is 36.9 Å². The maximum atomic E-state index is 13.3. The number of ether oxygens (including phenoxy) is 5. The van der Waals surface area contributed by atoms with Crippen LogP contribution in [0.3, 0.4) is 0 Å². The van der Waals surface area contributed by atoms with Gasteiger partial charge in [0, 0.05) is 32.8 Å². The number of carbonyl (C=O) groups is 9. The molecule has 0 unspecified atom stereocenters. The molecule has 4 aliphatic rings. The summed E-state index contributed by atoms with van der Waals surface area (Å²) in [5.74, 6) is -8.94. The van der Waals surface area contributed by atoms with Crippen LogP contribution in [0.25, 0.3) is 0 Å². The first-order valence-electron chi connectivity index (χ1n) is 30.5. The van der Waals surface area contributed by atoms with Crippen molar-refractivity contribution in [1.82, 2.24) is 31.1 Å². The van der Waals surface area contributed by atoms with Crippen molar-refractivity contribution < 1.29 is 110 Å². The Labute approximate surface area is 532 Å². The van der Waals surface area contributed by atoms with E-state index in [-0.39, 0.29) is 92.1 Å². The quantitative estimate of drug-likeness (QED) is 0.00703. The summed E-state index contributed by atoms with van der Waals surface area (Å²) in [5.41, 5.74) is -4.24. The lowest BCUT2D eigenvalue weighted by molar-refractivity contribution is -0.176. The monoisotopic (exact) mass is 1330 g/mol. The zero-order valence-electron chi connectivity index (χ0n) is 54.5. The molecule has 4 fully saturated rings. The highest BCUT2D eigenvalue weighted by Gasteiger charge is 2.63. The number of aliphatic hydroxyl groups is 3. The second-order valence-corrected chi connectivity index (χ2v) is 31.8. The molecular weight excluding hydrogens is 1230 g/mol. The number of hydrogen-bond donors (Lipinski definition) is 7. The third-order valence-electron chi connectivity index (χ3n) is 14.8. The van der Waals surface area contributed by atoms with Crippen molar-refractivity contribution >= 4 is 61.8 Å². The Morgan fingerprint density at radius 3 is 1.34 bits per heavy atom. The molecule has 0 bridgehead atoms. The van der Waals surface area contributed by atoms with E-state index in [4.69, 9.17) is 23.7 Å². The van der Waals surface area contributed by atoms with E-state index in [9.17, 15) is 84.8 Å². The van der Waals surface area contributed by atoms with E-state index in [1.807, 2.05) is 12.2 Å². The zero-order chi connectivity index (χ0) is 68.4. The van der Waals surface area contributed by atoms with Crippen molar-refractivity contribution in [3.05, 3.63) is 36.6 Å². The van der Waals surface area contributed by atoms with Crippen LogP contribution in [0.1, 0.15) is 154 Å². The number of rotatable bonds is 29. The normalized spacial score (nSPS) is 23.7. The van der Waals surface area contributed by atoms with Crippen LogP contribution in [0.2, 0.25) is 25.7 Å². The van der Waals surface area contributed by atoms with Crippen molar-refractivity contribution in [1.29, 1.82) is 0 Å². The first-order chi connectivity index (χ1) is 41.5. The van der Waals surface area contributed by atoms with Gasteiger partial charge >= 0.3 is 54.3 Å². The van der Waals surface area contributed by atoms with Crippen molar-refractivity contribution in [2.75, 3.05) is 32.9 Å². The molecule has 7 N–H and O–H groups in total. The van der Waals surface area contributed by atoms with Gasteiger partial charge < -0.3 is 61.7 Å². The first kappa shape index (κ1) is 80.7. The number of amides is 6. The lowest BCUT2D eigenvalue weighted by atomic mass is 10.1. The average molecular weight is 1330 g/mol. The molecule has 4 rings (SSSR count). The number of esters is 3. The minimum absolute atomic E-state index is 0. The van der Waals surface area contributed by atoms with Gasteiger partial charge in [0.1, 0.15) is 46.2 Å². The van der Waals surface area contributed by atoms with Crippen molar-refractivity contribution in [2.45, 2.75) is 249 Å². The third-order valence-corrected chi connectivity index (χ3v) is 16.5. The van der Waals surface area contributed by atoms with Crippen molar-refractivity contribution in [2.24, 2.45) is 11.8 Å². The topological polar surface area (TPSA) is 315 Å². The van der Waals surface area contributed by atoms with Gasteiger partial charge in [0.25, 0.3) is 0 Å². The first-order valence-corrected chi connectivity index (χ1v) is 34.2. The van der Waals surface area contributed by atoms with Gasteiger partial charge in [-0.05, 0) is 113 Å². The molecule has 2 aliphatic carbocycles. The summed E-state index contributed by atoms with van der Waals surface area (Å²) in [5, 5.41) is 38.8. The largest absolute Gasteiger partial charge is 1.00 e. The van der Waals surface area contributed by atoms with Crippen LogP contribution >= 0.6 is 0 Å². The SMILES string of the molecule is C.C=C(O)[C@H](CCCCC/C=C\[C@@H]1C[C@]1(NC(=O)[C@@H]1C[C@@H](O)CN1C(=O)OC(C)(C)C)C(=O)OCC)NC(=O)C(F)(F)F.CCOC(=O)[C@@]1(NC(=O)[C@@H]2C[C@@H](O)CN2C(=O)OC(C)(C)C)C[C@H]1/C=C\CCCCC[C@H](NC(=O)C(F)(F)F)C(=O)OCC[Si](C)(C)C.[2H-]. The van der Waals surface area contributed by atoms with E-state index < -0.39 is 139 Å². The molecule has 2 saturated heterocycles. The lowest BCUT2D eigenvalue weighted by Gasteiger charge is -2.29. The number of halogens is 6. The van der Waals surface area contributed by atoms with Gasteiger partial charge in [-0.2, -0.15) is 26.3 Å². The standard InChI is InChI=1S/C32H52F3N3O9Si.C28H42F3N3O8.CH4.H/c1-8-45-28(43)31(37-25(40)24-18-22(39)20-38(24)29(44)47-30(2,3)4)19-21(31)14-12-10-9-11-13-15-23(36-27(42)32(33,34)35)26(41)46-16-17-48(5,6)7;1-6-41-24(39)27(33-22(37)21-14-19(36)16-34(21)25(40)42-26(3,4)5)15-18(27)12-10-8-7-9-11-13-20(17(2)35)32-23(38)28(29,30)31;;/h12,14,21-24,39H,8-11,13,15-20H2,1-7H3,(H,36,42)(H,37,40);10,12,18-21,35-36H,2,6-9,11,13-16H2,1,3-5H3,(H,32,38)(H,33,37);1H4;/q;;;-1/b14-12-;12-10-;;/t21-,22-,23+,24+,31-;18-,19-,20+,21+,27-;;/m11../s1/i;;;1+1. The minimum atomic E-state index is -5.13. The van der Waals surface area contributed by atoms with E-state index in [0.717, 1.165) is 9.80 Å². The second kappa shape index (κ2) is 34.5. The van der Waals surface area contributed by atoms with Gasteiger partial charge in [0.2, 0.25) is 11.8 Å². The van der Waals surface area contributed by atoms with E-state index in [1.165, 1.54) is 0 Å². The lowest BCUT2D eigenvalue weighted by Crippen LogP contribution is -2.54. The number of nitrogens with zero attached hydrogens (tertiary/aromatic N) is 2. The van der Waals surface area contributed by atoms with Gasteiger partial charge in [-0.1, -0.05) is 83.6 Å². The minimum Gasteiger partial charge on any atom is -1.00 e. The number of alkyl halides is 6. The fourth-order valence-electron chi connectivity index (χ4n) is 9.90. The predicted molar refractivity (Wildman–Crippen MR) is 325 cm³/mol. The number of allylic oxidation sites excluding steroid dienone is 2. The maximum absolute atomic E-state index is 13.3. The molecule has 2 heterocycles. The highest BCUT2D eigenvalue weighted by atomic mass is 28.3. The molecule has 0 aromatic heterocycles. The Kier molecular flexibility index (Phi) is 30.5. The highest BCUT2D eigenvalue weighted by molar-refractivity contribution is 6.76. The number of likely N-dealkylation sites (tertiary alicyclic amines) is 2. The highest BCUT2D eigenvalue weighted by Crippen LogP contribution is 2.47. The predicted octanol–water partition coefficient (Wildman–Crippen LogP) is 8.40. The number of unbranched alkanes of at least 4 members (excludes halogenated alkanes) is 6. The summed E-state index contributed by atoms with van der Waals surface area (Å²) in [6, 6.07) is -4.03. The summed E-state index contributed by atoms with van der Waals surface area (Å²) in [6.07, 6.45) is -1.41. The van der Waals surface area contributed by atoms with Gasteiger partial charge in [0.15, 0.2) is 0 Å². The molecular formula is C61H99F6N6O17Si-. The van der Waals surface area contributed by atoms with Crippen LogP contribution in [0.15, 0.2) is 36.6 Å². The van der Waals surface area contributed by atoms with Crippen LogP contribution in [0.5, 0.6) is 0 Å². The van der Waals surface area contributed by atoms with Crippen LogP contribution in [-0.2, 0) is 57.2 Å². The van der Waals surface area contributed by atoms with E-state index in [1.54, 1.807) is 78.2 Å². The molecule has 30 heteroatoms. The van der Waals surface area contributed by atoms with E-state index >= 15 is 0 Å². The van der Waals surface area contributed by atoms with E-state index in [0.29, 0.717) is 57.4 Å². The summed E-state index contributed by atoms with van der Waals surface area (Å²) in [7, 11) is -1.54. The Hall–Kier alpha value is -6.43. The number of hydrogen-bond acceptors (Lipinski definition) is 17. The molecule has 91 heavy (non-hydrogen) atoms. The molecule has 2 aliphatic heterocycles. The smallest absolute Gasteiger partial charge is 0.471 e. The Morgan fingerprint density at radius 1 is 0.626 bits per heavy atom. The van der Waals surface area contributed by atoms with Crippen LogP contribution in [0, 0.1) is 11.8 Å². The molecule has 0 aromatic carbocycles. The Morgan fingerprint density at radius 2 is 1.00 bits per heavy atom. The van der Waals surface area contributed by atoms with Gasteiger partial charge in [-0.15, -0.1) is 0 Å². The van der Waals surface area contributed by atoms with Gasteiger partial charge in [0.05, 0.1) is 51.2 Å². The second-order valence-electron chi connectivity index (χ2n) is 26.2. The molecule has 6 amide bonds. The maximum Gasteiger partial charge on any atom is 0.471 e. The Balaban J connectivity index is 0.000000908. The molecule has 23 nitrogen and oxygen atoms in total. The molecule has 2 saturated carbocycles. The number of β-amino-alcohol motifs (C(OH)–C–C–N with tert-alkyl or cyclic N) is 2. The van der Waals surface area contributed by atoms with Gasteiger partial charge in [-0.3, -0.25) is 29.0 Å². The van der Waals surface area contributed by atoms with Crippen molar-refractivity contribution in [3.63, 3.8) is 0 Å². The fraction of sp³-hybridized carbons (Fsp3) is 0.754. The molecule has 10 atom stereocenters. The number of nitrogens with one attached hydrogen (secondary N) is 4. The van der Waals surface area contributed by atoms with Crippen LogP contribution in [-0.4, -0.2) is 191 Å².